The molecule has 0 aromatic heterocycles. The van der Waals surface area contributed by atoms with Crippen LogP contribution < -0.4 is 16.4 Å². The van der Waals surface area contributed by atoms with Gasteiger partial charge in [-0.15, -0.1) is 0 Å². The SMILES string of the molecule is CC1(C)CCN(C(=O)[C@@H](CC2CCCCC2)NCC(=O)O)[C@@H]1C(=O)N[C@@H](CCCCN)C(=O)C(=O)O. The molecule has 0 aromatic carbocycles. The molecule has 2 fully saturated rings. The molecule has 11 nitrogen and oxygen atoms in total. The van der Waals surface area contributed by atoms with Gasteiger partial charge >= 0.3 is 11.9 Å². The summed E-state index contributed by atoms with van der Waals surface area (Å²) >= 11 is 0. The van der Waals surface area contributed by atoms with Crippen LogP contribution in [0.2, 0.25) is 0 Å². The van der Waals surface area contributed by atoms with Crippen LogP contribution in [0.25, 0.3) is 0 Å². The second kappa shape index (κ2) is 13.7. The molecular formula is C25H42N4O7. The number of carbonyl (C=O) groups is 5. The first kappa shape index (κ1) is 29.7. The van der Waals surface area contributed by atoms with Crippen molar-refractivity contribution >= 4 is 29.5 Å². The van der Waals surface area contributed by atoms with E-state index in [4.69, 9.17) is 5.73 Å². The lowest BCUT2D eigenvalue weighted by molar-refractivity contribution is -0.151. The van der Waals surface area contributed by atoms with Gasteiger partial charge in [0.1, 0.15) is 6.04 Å². The van der Waals surface area contributed by atoms with E-state index in [1.807, 2.05) is 13.8 Å². The summed E-state index contributed by atoms with van der Waals surface area (Å²) in [4.78, 5) is 63.4. The summed E-state index contributed by atoms with van der Waals surface area (Å²) in [6.07, 6.45) is 7.50. The standard InChI is InChI=1S/C25H42N4O7/c1-25(2)11-13-29(21(25)22(33)28-17(10-6-7-12-26)20(32)24(35)36)23(34)18(27-15-19(30)31)14-16-8-4-3-5-9-16/h16-18,21,27H,3-15,26H2,1-2H3,(H,28,33)(H,30,31)(H,35,36)/t17-,18+,21+/m0/s1. The Hall–Kier alpha value is -2.53. The van der Waals surface area contributed by atoms with Gasteiger partial charge in [0.05, 0.1) is 18.6 Å². The number of unbranched alkanes of at least 4 members (excludes halogenated alkanes) is 1. The Morgan fingerprint density at radius 1 is 1.03 bits per heavy atom. The molecule has 11 heteroatoms. The summed E-state index contributed by atoms with van der Waals surface area (Å²) in [6, 6.07) is -2.86. The minimum absolute atomic E-state index is 0.139. The molecule has 2 amide bonds. The molecule has 2 rings (SSSR count). The molecule has 0 spiro atoms. The van der Waals surface area contributed by atoms with Crippen molar-refractivity contribution in [1.29, 1.82) is 0 Å². The summed E-state index contributed by atoms with van der Waals surface area (Å²) in [5.74, 6) is -4.41. The molecule has 0 bridgehead atoms. The highest BCUT2D eigenvalue weighted by Crippen LogP contribution is 2.37. The number of Topliss-reactive ketones (excluding diaryl/α,β-unsaturated/α-hetero) is 1. The molecule has 0 radical (unpaired) electrons. The van der Waals surface area contributed by atoms with Crippen molar-refractivity contribution in [3.05, 3.63) is 0 Å². The van der Waals surface area contributed by atoms with Gasteiger partial charge in [0.2, 0.25) is 11.8 Å². The zero-order valence-electron chi connectivity index (χ0n) is 21.5. The Balaban J connectivity index is 2.22. The molecule has 1 saturated heterocycles. The van der Waals surface area contributed by atoms with Crippen LogP contribution in [-0.2, 0) is 24.0 Å². The maximum absolute atomic E-state index is 13.7. The predicted molar refractivity (Wildman–Crippen MR) is 132 cm³/mol. The normalized spacial score (nSPS) is 21.5. The summed E-state index contributed by atoms with van der Waals surface area (Å²) < 4.78 is 0. The van der Waals surface area contributed by atoms with Crippen LogP contribution in [0.5, 0.6) is 0 Å². The van der Waals surface area contributed by atoms with Gasteiger partial charge in [0.15, 0.2) is 0 Å². The van der Waals surface area contributed by atoms with Crippen LogP contribution in [0.1, 0.15) is 78.1 Å². The molecule has 1 aliphatic heterocycles. The minimum Gasteiger partial charge on any atom is -0.480 e. The van der Waals surface area contributed by atoms with Gasteiger partial charge in [-0.2, -0.15) is 0 Å². The first-order chi connectivity index (χ1) is 17.0. The zero-order valence-corrected chi connectivity index (χ0v) is 21.5. The molecule has 0 aromatic rings. The topological polar surface area (TPSA) is 179 Å². The largest absolute Gasteiger partial charge is 0.480 e. The van der Waals surface area contributed by atoms with E-state index in [1.165, 1.54) is 4.90 Å². The lowest BCUT2D eigenvalue weighted by Gasteiger charge is -2.35. The Bertz CT molecular complexity index is 810. The van der Waals surface area contributed by atoms with Gasteiger partial charge in [-0.1, -0.05) is 46.0 Å². The maximum Gasteiger partial charge on any atom is 0.374 e. The van der Waals surface area contributed by atoms with E-state index in [0.717, 1.165) is 32.1 Å². The third kappa shape index (κ3) is 8.26. The number of carboxylic acid groups (broad SMARTS) is 2. The molecule has 1 aliphatic carbocycles. The molecule has 1 saturated carbocycles. The molecule has 1 heterocycles. The Morgan fingerprint density at radius 3 is 2.28 bits per heavy atom. The van der Waals surface area contributed by atoms with Crippen molar-refractivity contribution in [3.63, 3.8) is 0 Å². The highest BCUT2D eigenvalue weighted by molar-refractivity contribution is 6.35. The van der Waals surface area contributed by atoms with E-state index in [0.29, 0.717) is 44.7 Å². The number of hydrogen-bond donors (Lipinski definition) is 5. The van der Waals surface area contributed by atoms with Crippen molar-refractivity contribution in [1.82, 2.24) is 15.5 Å². The second-order valence-corrected chi connectivity index (χ2v) is 10.8. The molecule has 6 N–H and O–H groups in total. The van der Waals surface area contributed by atoms with E-state index in [2.05, 4.69) is 10.6 Å². The van der Waals surface area contributed by atoms with Gasteiger partial charge in [-0.25, -0.2) is 4.79 Å². The van der Waals surface area contributed by atoms with Crippen molar-refractivity contribution in [3.8, 4) is 0 Å². The van der Waals surface area contributed by atoms with Gasteiger partial charge in [0, 0.05) is 6.54 Å². The van der Waals surface area contributed by atoms with Crippen molar-refractivity contribution in [2.75, 3.05) is 19.6 Å². The number of nitrogens with zero attached hydrogens (tertiary/aromatic N) is 1. The number of nitrogens with two attached hydrogens (primary N) is 1. The lowest BCUT2D eigenvalue weighted by Crippen LogP contribution is -2.58. The maximum atomic E-state index is 13.7. The number of carboxylic acids is 2. The quantitative estimate of drug-likeness (QED) is 0.168. The third-order valence-corrected chi connectivity index (χ3v) is 7.46. The number of rotatable bonds is 14. The summed E-state index contributed by atoms with van der Waals surface area (Å²) in [7, 11) is 0. The zero-order chi connectivity index (χ0) is 26.9. The summed E-state index contributed by atoms with van der Waals surface area (Å²) in [5, 5.41) is 23.9. The number of carbonyl (C=O) groups excluding carboxylic acids is 3. The molecule has 204 valence electrons. The fourth-order valence-corrected chi connectivity index (χ4v) is 5.43. The van der Waals surface area contributed by atoms with Gasteiger partial charge < -0.3 is 26.2 Å². The average Bonchev–Trinajstić information content (AvgIpc) is 3.15. The Labute approximate surface area is 212 Å². The Kier molecular flexibility index (Phi) is 11.3. The monoisotopic (exact) mass is 510 g/mol. The molecule has 2 aliphatic rings. The number of ketones is 1. The van der Waals surface area contributed by atoms with Crippen LogP contribution in [0.4, 0.5) is 0 Å². The summed E-state index contributed by atoms with van der Waals surface area (Å²) in [6.45, 7) is 4.03. The van der Waals surface area contributed by atoms with E-state index in [9.17, 15) is 34.2 Å². The van der Waals surface area contributed by atoms with Crippen LogP contribution in [0, 0.1) is 11.3 Å². The molecule has 0 unspecified atom stereocenters. The lowest BCUT2D eigenvalue weighted by atomic mass is 9.83. The number of aliphatic carboxylic acids is 2. The molecule has 36 heavy (non-hydrogen) atoms. The van der Waals surface area contributed by atoms with Crippen LogP contribution in [0.15, 0.2) is 0 Å². The number of hydrogen-bond acceptors (Lipinski definition) is 7. The molecule has 3 atom stereocenters. The smallest absolute Gasteiger partial charge is 0.374 e. The molecular weight excluding hydrogens is 468 g/mol. The van der Waals surface area contributed by atoms with Crippen LogP contribution in [0.3, 0.4) is 0 Å². The first-order valence-corrected chi connectivity index (χ1v) is 13.0. The van der Waals surface area contributed by atoms with Crippen molar-refractivity contribution in [2.24, 2.45) is 17.1 Å². The van der Waals surface area contributed by atoms with Gasteiger partial charge in [-0.05, 0) is 50.0 Å². The number of nitrogens with one attached hydrogen (secondary N) is 2. The van der Waals surface area contributed by atoms with Crippen LogP contribution >= 0.6 is 0 Å². The van der Waals surface area contributed by atoms with E-state index >= 15 is 0 Å². The number of likely N-dealkylation sites (tertiary alicyclic amines) is 1. The first-order valence-electron chi connectivity index (χ1n) is 13.0. The average molecular weight is 511 g/mol. The fourth-order valence-electron chi connectivity index (χ4n) is 5.43. The number of amides is 2. The van der Waals surface area contributed by atoms with Gasteiger partial charge in [-0.3, -0.25) is 24.5 Å². The predicted octanol–water partition coefficient (Wildman–Crippen LogP) is 0.894. The van der Waals surface area contributed by atoms with E-state index in [1.54, 1.807) is 0 Å². The summed E-state index contributed by atoms with van der Waals surface area (Å²) in [5.41, 5.74) is 4.89. The highest BCUT2D eigenvalue weighted by atomic mass is 16.4. The fraction of sp³-hybridized carbons (Fsp3) is 0.800. The second-order valence-electron chi connectivity index (χ2n) is 10.8. The highest BCUT2D eigenvalue weighted by Gasteiger charge is 2.49. The minimum atomic E-state index is -1.63. The van der Waals surface area contributed by atoms with E-state index < -0.39 is 47.2 Å². The third-order valence-electron chi connectivity index (χ3n) is 7.46. The Morgan fingerprint density at radius 2 is 1.69 bits per heavy atom. The van der Waals surface area contributed by atoms with Gasteiger partial charge in [0.25, 0.3) is 5.78 Å². The van der Waals surface area contributed by atoms with Crippen molar-refractivity contribution < 1.29 is 34.2 Å². The van der Waals surface area contributed by atoms with E-state index in [-0.39, 0.29) is 18.9 Å². The van der Waals surface area contributed by atoms with Crippen LogP contribution in [-0.4, -0.2) is 82.4 Å². The van der Waals surface area contributed by atoms with Crippen molar-refractivity contribution in [2.45, 2.75) is 96.2 Å².